The van der Waals surface area contributed by atoms with E-state index >= 15 is 0 Å². The van der Waals surface area contributed by atoms with E-state index < -0.39 is 64.6 Å². The van der Waals surface area contributed by atoms with Crippen molar-refractivity contribution in [3.8, 4) is 11.8 Å². The molecule has 4 aromatic carbocycles. The summed E-state index contributed by atoms with van der Waals surface area (Å²) in [6, 6.07) is 24.7. The molecule has 428 valence electrons. The van der Waals surface area contributed by atoms with Gasteiger partial charge < -0.3 is 56.1 Å². The lowest BCUT2D eigenvalue weighted by Gasteiger charge is -2.38. The van der Waals surface area contributed by atoms with Crippen LogP contribution in [-0.4, -0.2) is 107 Å². The van der Waals surface area contributed by atoms with Gasteiger partial charge in [-0.3, -0.25) is 28.8 Å². The van der Waals surface area contributed by atoms with E-state index in [1.54, 1.807) is 57.1 Å². The second-order valence-corrected chi connectivity index (χ2v) is 22.3. The highest BCUT2D eigenvalue weighted by Gasteiger charge is 2.42. The lowest BCUT2D eigenvalue weighted by atomic mass is 9.76. The number of hydrogen-bond donors (Lipinski definition) is 7. The quantitative estimate of drug-likeness (QED) is 0.0295. The van der Waals surface area contributed by atoms with Gasteiger partial charge in [0.1, 0.15) is 18.7 Å². The highest BCUT2D eigenvalue weighted by atomic mass is 16.5. The first-order chi connectivity index (χ1) is 38.3. The van der Waals surface area contributed by atoms with Crippen molar-refractivity contribution in [3.63, 3.8) is 0 Å². The molecular weight excluding hydrogens is 1030 g/mol. The van der Waals surface area contributed by atoms with Crippen LogP contribution in [-0.2, 0) is 70.5 Å². The van der Waals surface area contributed by atoms with Crippen LogP contribution in [0.1, 0.15) is 102 Å². The van der Waals surface area contributed by atoms with E-state index in [0.29, 0.717) is 22.5 Å². The minimum Gasteiger partial charge on any atom is -0.478 e. The average molecular weight is 1110 g/mol. The van der Waals surface area contributed by atoms with E-state index in [0.717, 1.165) is 33.2 Å². The number of nitrogens with one attached hydrogen (secondary N) is 6. The van der Waals surface area contributed by atoms with Gasteiger partial charge in [-0.1, -0.05) is 115 Å². The second-order valence-electron chi connectivity index (χ2n) is 22.3. The number of fused-ring (bicyclic) bond motifs is 3. The molecule has 0 saturated heterocycles. The SMILES string of the molecule is CNC(C(=O)NC(C(=O)N(C)C/C=C(\C)C(=O)O)C(C)(C)C)C(C)(C)c1cn(C)c2ccc(CNC(=O)OCc3ccc(NC(=O)CNC(=O)C(NC(=O)CCC(=O)N4Cc5ccccc5C#Cc5ccccc54)C(C)C)cc3)cc12. The molecule has 3 unspecified atom stereocenters. The number of carboxylic acids is 1. The van der Waals surface area contributed by atoms with Gasteiger partial charge in [0.25, 0.3) is 0 Å². The Hall–Kier alpha value is -8.76. The maximum Gasteiger partial charge on any atom is 0.407 e. The molecule has 0 radical (unpaired) electrons. The van der Waals surface area contributed by atoms with Gasteiger partial charge in [-0.2, -0.15) is 0 Å². The van der Waals surface area contributed by atoms with Gasteiger partial charge in [-0.25, -0.2) is 9.59 Å². The number of rotatable bonds is 22. The number of ether oxygens (including phenoxy) is 1. The third kappa shape index (κ3) is 16.0. The fourth-order valence-corrected chi connectivity index (χ4v) is 9.47. The highest BCUT2D eigenvalue weighted by molar-refractivity contribution is 5.99. The zero-order chi connectivity index (χ0) is 59.3. The van der Waals surface area contributed by atoms with Crippen LogP contribution in [0.2, 0.25) is 0 Å². The number of aromatic nitrogens is 1. The van der Waals surface area contributed by atoms with Crippen LogP contribution in [0, 0.1) is 23.2 Å². The Balaban J connectivity index is 0.965. The summed E-state index contributed by atoms with van der Waals surface area (Å²) in [6.07, 6.45) is 2.50. The number of aliphatic carboxylic acids is 1. The molecule has 19 heteroatoms. The van der Waals surface area contributed by atoms with Crippen LogP contribution in [0.4, 0.5) is 16.2 Å². The van der Waals surface area contributed by atoms with E-state index in [-0.39, 0.29) is 68.9 Å². The van der Waals surface area contributed by atoms with Gasteiger partial charge >= 0.3 is 12.1 Å². The van der Waals surface area contributed by atoms with Crippen molar-refractivity contribution in [2.75, 3.05) is 37.4 Å². The summed E-state index contributed by atoms with van der Waals surface area (Å²) in [5.74, 6) is 2.38. The number of likely N-dealkylation sites (N-methyl/N-ethyl adjacent to an activating group) is 2. The first-order valence-corrected chi connectivity index (χ1v) is 26.9. The molecule has 81 heavy (non-hydrogen) atoms. The number of nitrogens with zero attached hydrogens (tertiary/aromatic N) is 3. The number of carbonyl (C=O) groups is 8. The molecule has 6 rings (SSSR count). The van der Waals surface area contributed by atoms with Gasteiger partial charge in [0.05, 0.1) is 24.8 Å². The lowest BCUT2D eigenvalue weighted by molar-refractivity contribution is -0.139. The Morgan fingerprint density at radius 2 is 1.44 bits per heavy atom. The van der Waals surface area contributed by atoms with E-state index in [9.17, 15) is 43.5 Å². The van der Waals surface area contributed by atoms with Gasteiger partial charge in [0.15, 0.2) is 0 Å². The smallest absolute Gasteiger partial charge is 0.407 e. The van der Waals surface area contributed by atoms with Crippen molar-refractivity contribution in [2.45, 2.75) is 111 Å². The lowest BCUT2D eigenvalue weighted by Crippen LogP contribution is -2.60. The number of anilines is 2. The standard InChI is InChI=1S/C62H75N9O10/c1-38(2)53(67-50(72)28-29-52(74)71-35-44-18-13-12-16-42(44)23-24-43-17-14-15-19-48(43)71)56(75)64-34-51(73)66-45-25-20-40(21-26-45)37-81-60(80)65-33-41-22-27-49-46(32-41)47(36-70(49)11)62(7,8)54(63-9)57(76)68-55(61(4,5)6)58(77)69(10)31-30-39(3)59(78)79/h12-22,25-27,30,32,36,38,53-55,63H,28-29,31,33-35,37H2,1-11H3,(H,64,75)(H,65,80)(H,66,73)(H,67,72)(H,68,76)(H,78,79)/b39-30+. The summed E-state index contributed by atoms with van der Waals surface area (Å²) in [7, 11) is 5.16. The molecule has 1 aliphatic heterocycles. The van der Waals surface area contributed by atoms with Crippen molar-refractivity contribution >= 4 is 69.8 Å². The molecule has 0 aliphatic carbocycles. The molecule has 1 aliphatic rings. The predicted molar refractivity (Wildman–Crippen MR) is 310 cm³/mol. The monoisotopic (exact) mass is 1110 g/mol. The molecular formula is C62H75N9O10. The zero-order valence-corrected chi connectivity index (χ0v) is 48.0. The topological polar surface area (TPSA) is 250 Å². The maximum absolute atomic E-state index is 14.2. The predicted octanol–water partition coefficient (Wildman–Crippen LogP) is 6.41. The van der Waals surface area contributed by atoms with Gasteiger partial charge in [0.2, 0.25) is 35.4 Å². The molecule has 7 amide bonds. The number of alkyl carbamates (subject to hydrolysis) is 1. The molecule has 1 aromatic heterocycles. The fourth-order valence-electron chi connectivity index (χ4n) is 9.47. The summed E-state index contributed by atoms with van der Waals surface area (Å²) >= 11 is 0. The number of hydrogen-bond acceptors (Lipinski definition) is 10. The minimum atomic E-state index is -1.08. The van der Waals surface area contributed by atoms with E-state index in [4.69, 9.17) is 4.74 Å². The Kier molecular flexibility index (Phi) is 20.4. The Labute approximate surface area is 473 Å². The van der Waals surface area contributed by atoms with Crippen molar-refractivity contribution in [1.82, 2.24) is 36.1 Å². The molecule has 0 fully saturated rings. The number of carbonyl (C=O) groups excluding carboxylic acids is 7. The number of aryl methyl sites for hydroxylation is 1. The van der Waals surface area contributed by atoms with Crippen molar-refractivity contribution in [1.29, 1.82) is 0 Å². The third-order valence-corrected chi connectivity index (χ3v) is 14.3. The minimum absolute atomic E-state index is 0.0559. The molecule has 5 aromatic rings. The van der Waals surface area contributed by atoms with Gasteiger partial charge in [-0.15, -0.1) is 0 Å². The van der Waals surface area contributed by atoms with Crippen molar-refractivity contribution in [2.24, 2.45) is 18.4 Å². The molecule has 0 spiro atoms. The first kappa shape index (κ1) is 61.5. The van der Waals surface area contributed by atoms with Crippen LogP contribution < -0.4 is 36.8 Å². The number of para-hydroxylation sites is 1. The molecule has 7 N–H and O–H groups in total. The molecule has 0 saturated carbocycles. The molecule has 2 heterocycles. The Morgan fingerprint density at radius 1 is 0.790 bits per heavy atom. The van der Waals surface area contributed by atoms with Gasteiger partial charge in [-0.05, 0) is 90.0 Å². The number of benzene rings is 4. The molecule has 0 bridgehead atoms. The van der Waals surface area contributed by atoms with Crippen molar-refractivity contribution in [3.05, 3.63) is 142 Å². The van der Waals surface area contributed by atoms with E-state index in [2.05, 4.69) is 43.7 Å². The summed E-state index contributed by atoms with van der Waals surface area (Å²) in [5, 5.41) is 27.2. The number of amides is 7. The summed E-state index contributed by atoms with van der Waals surface area (Å²) in [5.41, 5.74) is 5.28. The zero-order valence-electron chi connectivity index (χ0n) is 48.0. The fraction of sp³-hybridized carbons (Fsp3) is 0.387. The third-order valence-electron chi connectivity index (χ3n) is 14.3. The summed E-state index contributed by atoms with van der Waals surface area (Å²) < 4.78 is 7.47. The second kappa shape index (κ2) is 26.9. The van der Waals surface area contributed by atoms with E-state index in [1.807, 2.05) is 119 Å². The van der Waals surface area contributed by atoms with Gasteiger partial charge in [0, 0.05) is 84.9 Å². The highest BCUT2D eigenvalue weighted by Crippen LogP contribution is 2.36. The Morgan fingerprint density at radius 3 is 2.11 bits per heavy atom. The normalized spacial score (nSPS) is 13.4. The van der Waals surface area contributed by atoms with Crippen molar-refractivity contribution < 1.29 is 48.2 Å². The largest absolute Gasteiger partial charge is 0.478 e. The average Bonchev–Trinajstić information content (AvgIpc) is 3.19. The van der Waals surface area contributed by atoms with Crippen LogP contribution in [0.3, 0.4) is 0 Å². The van der Waals surface area contributed by atoms with Crippen LogP contribution in [0.25, 0.3) is 10.9 Å². The number of carboxylic acid groups (broad SMARTS) is 1. The molecule has 3 atom stereocenters. The summed E-state index contributed by atoms with van der Waals surface area (Å²) in [6.45, 7) is 14.5. The first-order valence-electron chi connectivity index (χ1n) is 26.9. The van der Waals surface area contributed by atoms with Crippen LogP contribution in [0.15, 0.2) is 109 Å². The molecule has 19 nitrogen and oxygen atoms in total. The maximum atomic E-state index is 14.2. The van der Waals surface area contributed by atoms with Crippen LogP contribution >= 0.6 is 0 Å². The van der Waals surface area contributed by atoms with E-state index in [1.165, 1.54) is 17.9 Å². The summed E-state index contributed by atoms with van der Waals surface area (Å²) in [4.78, 5) is 108. The Bertz CT molecular complexity index is 3270. The van der Waals surface area contributed by atoms with Crippen LogP contribution in [0.5, 0.6) is 0 Å².